The van der Waals surface area contributed by atoms with Gasteiger partial charge in [0.15, 0.2) is 23.6 Å². The minimum absolute atomic E-state index is 0.0242. The summed E-state index contributed by atoms with van der Waals surface area (Å²) in [5.41, 5.74) is 1.43. The molecule has 3 aromatic heterocycles. The minimum Gasteiger partial charge on any atom is -0.481 e. The first kappa shape index (κ1) is 16.1. The van der Waals surface area contributed by atoms with E-state index in [1.54, 1.807) is 4.90 Å². The number of aromatic nitrogens is 4. The van der Waals surface area contributed by atoms with Crippen LogP contribution < -0.4 is 9.64 Å². The molecule has 26 heavy (non-hydrogen) atoms. The Kier molecular flexibility index (Phi) is 3.83. The second kappa shape index (κ2) is 6.17. The lowest BCUT2D eigenvalue weighted by atomic mass is 10.2. The van der Waals surface area contributed by atoms with Gasteiger partial charge in [-0.3, -0.25) is 4.79 Å². The number of pyridine rings is 1. The summed E-state index contributed by atoms with van der Waals surface area (Å²) in [5.74, 6) is -0.897. The summed E-state index contributed by atoms with van der Waals surface area (Å²) in [5, 5.41) is 3.90. The predicted octanol–water partition coefficient (Wildman–Crippen LogP) is 2.47. The molecule has 0 bridgehead atoms. The molecule has 4 rings (SSSR count). The van der Waals surface area contributed by atoms with E-state index in [1.165, 1.54) is 23.9 Å². The van der Waals surface area contributed by atoms with Gasteiger partial charge in [0.25, 0.3) is 0 Å². The number of methoxy groups -OCH3 is 1. The Morgan fingerprint density at radius 1 is 1.31 bits per heavy atom. The molecule has 0 aromatic carbocycles. The monoisotopic (exact) mass is 357 g/mol. The van der Waals surface area contributed by atoms with Crippen LogP contribution in [0.15, 0.2) is 30.7 Å². The first-order valence-electron chi connectivity index (χ1n) is 7.79. The van der Waals surface area contributed by atoms with E-state index in [0.29, 0.717) is 30.5 Å². The van der Waals surface area contributed by atoms with Gasteiger partial charge in [0.2, 0.25) is 5.88 Å². The van der Waals surface area contributed by atoms with E-state index in [4.69, 9.17) is 4.74 Å². The van der Waals surface area contributed by atoms with Crippen LogP contribution in [0.1, 0.15) is 22.3 Å². The molecule has 1 aliphatic rings. The molecular formula is C17H13F2N5O2. The van der Waals surface area contributed by atoms with Crippen LogP contribution in [-0.2, 0) is 0 Å². The van der Waals surface area contributed by atoms with Gasteiger partial charge in [-0.25, -0.2) is 23.3 Å². The number of anilines is 1. The Morgan fingerprint density at radius 2 is 2.15 bits per heavy atom. The number of fused-ring (bicyclic) bond motifs is 1. The van der Waals surface area contributed by atoms with Gasteiger partial charge in [-0.2, -0.15) is 5.10 Å². The Hall–Kier alpha value is -3.36. The molecule has 0 aliphatic carbocycles. The van der Waals surface area contributed by atoms with Crippen LogP contribution in [0.3, 0.4) is 0 Å². The molecule has 0 saturated carbocycles. The molecule has 132 valence electrons. The van der Waals surface area contributed by atoms with E-state index in [0.717, 1.165) is 12.4 Å². The molecule has 1 aliphatic heterocycles. The topological polar surface area (TPSA) is 72.6 Å². The number of carbonyl (C=O) groups excluding carboxylic acids is 1. The van der Waals surface area contributed by atoms with E-state index in [1.807, 2.05) is 6.08 Å². The number of rotatable bonds is 4. The van der Waals surface area contributed by atoms with Crippen molar-refractivity contribution in [2.45, 2.75) is 6.42 Å². The fourth-order valence-electron chi connectivity index (χ4n) is 2.98. The number of nitrogens with zero attached hydrogens (tertiary/aromatic N) is 5. The molecule has 0 spiro atoms. The molecular weight excluding hydrogens is 344 g/mol. The summed E-state index contributed by atoms with van der Waals surface area (Å²) >= 11 is 0. The molecule has 7 nitrogen and oxygen atoms in total. The smallest absolute Gasteiger partial charge is 0.222 e. The highest BCUT2D eigenvalue weighted by molar-refractivity contribution is 5.86. The number of carbonyl (C=O) groups is 1. The third-order valence-electron chi connectivity index (χ3n) is 4.11. The van der Waals surface area contributed by atoms with Crippen molar-refractivity contribution in [3.05, 3.63) is 53.5 Å². The number of hydrogen-bond acceptors (Lipinski definition) is 6. The molecule has 0 N–H and O–H groups in total. The van der Waals surface area contributed by atoms with E-state index in [9.17, 15) is 13.6 Å². The van der Waals surface area contributed by atoms with Gasteiger partial charge in [-0.05, 0) is 12.5 Å². The molecule has 0 unspecified atom stereocenters. The molecule has 4 heterocycles. The highest BCUT2D eigenvalue weighted by atomic mass is 19.1. The van der Waals surface area contributed by atoms with E-state index in [2.05, 4.69) is 15.1 Å². The van der Waals surface area contributed by atoms with Gasteiger partial charge in [-0.1, -0.05) is 6.08 Å². The zero-order chi connectivity index (χ0) is 18.3. The second-order valence-electron chi connectivity index (χ2n) is 5.64. The first-order valence-corrected chi connectivity index (χ1v) is 7.79. The van der Waals surface area contributed by atoms with Crippen molar-refractivity contribution in [3.8, 4) is 5.88 Å². The van der Waals surface area contributed by atoms with E-state index in [-0.39, 0.29) is 22.9 Å². The standard InChI is InChI=1S/C17H13F2N5O2/c1-26-17-12(5-11(18)7-20-17)14-3-2-4-23(14)16-13(19)8-24-15(22-16)10(9-25)6-21-24/h3,5-9H,2,4H2,1H3. The van der Waals surface area contributed by atoms with Gasteiger partial charge in [0.1, 0.15) is 5.82 Å². The molecule has 0 atom stereocenters. The Labute approximate surface area is 146 Å². The lowest BCUT2D eigenvalue weighted by molar-refractivity contribution is 0.112. The van der Waals surface area contributed by atoms with Crippen LogP contribution in [0, 0.1) is 11.6 Å². The van der Waals surface area contributed by atoms with Gasteiger partial charge in [0.05, 0.1) is 42.5 Å². The lowest BCUT2D eigenvalue weighted by Crippen LogP contribution is -2.21. The van der Waals surface area contributed by atoms with Crippen molar-refractivity contribution in [3.63, 3.8) is 0 Å². The highest BCUT2D eigenvalue weighted by Gasteiger charge is 2.26. The van der Waals surface area contributed by atoms with E-state index < -0.39 is 11.6 Å². The highest BCUT2D eigenvalue weighted by Crippen LogP contribution is 2.35. The van der Waals surface area contributed by atoms with Crippen molar-refractivity contribution < 1.29 is 18.3 Å². The minimum atomic E-state index is -0.617. The summed E-state index contributed by atoms with van der Waals surface area (Å²) in [6.45, 7) is 0.444. The van der Waals surface area contributed by atoms with E-state index >= 15 is 0 Å². The Morgan fingerprint density at radius 3 is 2.92 bits per heavy atom. The lowest BCUT2D eigenvalue weighted by Gasteiger charge is -2.23. The maximum absolute atomic E-state index is 14.6. The SMILES string of the molecule is COc1ncc(F)cc1C1=CCCN1c1nc2c(C=O)cnn2cc1F. The average Bonchev–Trinajstić information content (AvgIpc) is 3.27. The van der Waals surface area contributed by atoms with Gasteiger partial charge >= 0.3 is 0 Å². The Bertz CT molecular complexity index is 1050. The molecule has 0 saturated heterocycles. The summed E-state index contributed by atoms with van der Waals surface area (Å²) in [7, 11) is 1.43. The van der Waals surface area contributed by atoms with Crippen LogP contribution in [0.25, 0.3) is 11.3 Å². The summed E-state index contributed by atoms with van der Waals surface area (Å²) in [6.07, 6.45) is 6.58. The molecule has 0 radical (unpaired) electrons. The largest absolute Gasteiger partial charge is 0.481 e. The van der Waals surface area contributed by atoms with Crippen LogP contribution in [0.2, 0.25) is 0 Å². The maximum atomic E-state index is 14.6. The van der Waals surface area contributed by atoms with Crippen molar-refractivity contribution in [2.75, 3.05) is 18.6 Å². The Balaban J connectivity index is 1.84. The van der Waals surface area contributed by atoms with Crippen molar-refractivity contribution >= 4 is 23.4 Å². The normalized spacial score (nSPS) is 14.0. The van der Waals surface area contributed by atoms with Crippen LogP contribution in [-0.4, -0.2) is 39.5 Å². The third-order valence-corrected chi connectivity index (χ3v) is 4.11. The zero-order valence-corrected chi connectivity index (χ0v) is 13.7. The average molecular weight is 357 g/mol. The third kappa shape index (κ3) is 2.48. The molecule has 3 aromatic rings. The first-order chi connectivity index (χ1) is 12.6. The fraction of sp³-hybridized carbons (Fsp3) is 0.176. The van der Waals surface area contributed by atoms with Crippen molar-refractivity contribution in [2.24, 2.45) is 0 Å². The van der Waals surface area contributed by atoms with Crippen molar-refractivity contribution in [1.82, 2.24) is 19.6 Å². The summed E-state index contributed by atoms with van der Waals surface area (Å²) in [4.78, 5) is 20.9. The maximum Gasteiger partial charge on any atom is 0.222 e. The van der Waals surface area contributed by atoms with Crippen LogP contribution >= 0.6 is 0 Å². The predicted molar refractivity (Wildman–Crippen MR) is 89.0 cm³/mol. The summed E-state index contributed by atoms with van der Waals surface area (Å²) in [6, 6.07) is 1.28. The van der Waals surface area contributed by atoms with Gasteiger partial charge in [-0.15, -0.1) is 0 Å². The second-order valence-corrected chi connectivity index (χ2v) is 5.64. The van der Waals surface area contributed by atoms with Crippen LogP contribution in [0.5, 0.6) is 5.88 Å². The zero-order valence-electron chi connectivity index (χ0n) is 13.7. The van der Waals surface area contributed by atoms with Gasteiger partial charge in [0, 0.05) is 6.54 Å². The molecule has 0 amide bonds. The van der Waals surface area contributed by atoms with Crippen LogP contribution in [0.4, 0.5) is 14.6 Å². The number of ether oxygens (including phenoxy) is 1. The van der Waals surface area contributed by atoms with Crippen molar-refractivity contribution in [1.29, 1.82) is 0 Å². The molecule has 0 fully saturated rings. The molecule has 9 heteroatoms. The number of halogens is 2. The fourth-order valence-corrected chi connectivity index (χ4v) is 2.98. The quantitative estimate of drug-likeness (QED) is 0.668. The van der Waals surface area contributed by atoms with Gasteiger partial charge < -0.3 is 9.64 Å². The summed E-state index contributed by atoms with van der Waals surface area (Å²) < 4.78 is 34.7. The number of hydrogen-bond donors (Lipinski definition) is 0. The number of aldehydes is 1.